The minimum atomic E-state index is -0.403. The highest BCUT2D eigenvalue weighted by Crippen LogP contribution is 2.31. The number of fused-ring (bicyclic) bond motifs is 1. The van der Waals surface area contributed by atoms with Gasteiger partial charge in [0.2, 0.25) is 0 Å². The van der Waals surface area contributed by atoms with Crippen molar-refractivity contribution in [1.82, 2.24) is 10.2 Å². The van der Waals surface area contributed by atoms with E-state index in [0.29, 0.717) is 25.2 Å². The number of aliphatic hydroxyl groups excluding tert-OH is 1. The molecule has 1 aliphatic heterocycles. The molecule has 1 heterocycles. The summed E-state index contributed by atoms with van der Waals surface area (Å²) in [6.45, 7) is 3.09. The van der Waals surface area contributed by atoms with E-state index in [1.807, 2.05) is 6.07 Å². The van der Waals surface area contributed by atoms with Crippen LogP contribution in [0.15, 0.2) is 18.2 Å². The average Bonchev–Trinajstić information content (AvgIpc) is 2.57. The molecule has 2 atom stereocenters. The number of nitrogens with one attached hydrogen (secondary N) is 1. The molecule has 1 aromatic carbocycles. The summed E-state index contributed by atoms with van der Waals surface area (Å²) >= 11 is 0. The highest BCUT2D eigenvalue weighted by atomic mass is 19.1. The Hall–Kier alpha value is -1.01. The third-order valence-corrected chi connectivity index (χ3v) is 5.27. The number of benzene rings is 1. The monoisotopic (exact) mass is 336 g/mol. The number of aliphatic hydroxyl groups is 1. The number of halogens is 1. The SMILES string of the molecule is COC[C@@H](O)CN1CCC(N[C@H]2CCCc3cc(F)ccc32)CC1. The van der Waals surface area contributed by atoms with Gasteiger partial charge in [0.15, 0.2) is 0 Å². The zero-order valence-corrected chi connectivity index (χ0v) is 14.5. The van der Waals surface area contributed by atoms with Gasteiger partial charge in [-0.25, -0.2) is 4.39 Å². The molecular weight excluding hydrogens is 307 g/mol. The van der Waals surface area contributed by atoms with Gasteiger partial charge in [-0.3, -0.25) is 0 Å². The second-order valence-electron chi connectivity index (χ2n) is 7.14. The first-order valence-corrected chi connectivity index (χ1v) is 9.09. The topological polar surface area (TPSA) is 44.7 Å². The van der Waals surface area contributed by atoms with Crippen LogP contribution in [0.2, 0.25) is 0 Å². The third kappa shape index (κ3) is 4.54. The van der Waals surface area contributed by atoms with Crippen LogP contribution in [0.1, 0.15) is 42.9 Å². The molecule has 1 aromatic rings. The van der Waals surface area contributed by atoms with Gasteiger partial charge in [0.05, 0.1) is 12.7 Å². The zero-order chi connectivity index (χ0) is 16.9. The van der Waals surface area contributed by atoms with E-state index in [2.05, 4.69) is 10.2 Å². The van der Waals surface area contributed by atoms with E-state index in [1.54, 1.807) is 19.2 Å². The number of rotatable bonds is 6. The molecule has 0 amide bonds. The number of ether oxygens (including phenoxy) is 1. The predicted molar refractivity (Wildman–Crippen MR) is 92.6 cm³/mol. The van der Waals surface area contributed by atoms with Gasteiger partial charge in [0.25, 0.3) is 0 Å². The van der Waals surface area contributed by atoms with Gasteiger partial charge < -0.3 is 20.1 Å². The molecule has 0 bridgehead atoms. The van der Waals surface area contributed by atoms with E-state index in [0.717, 1.165) is 45.2 Å². The molecule has 1 fully saturated rings. The van der Waals surface area contributed by atoms with E-state index < -0.39 is 6.10 Å². The van der Waals surface area contributed by atoms with E-state index in [4.69, 9.17) is 4.74 Å². The number of aryl methyl sites for hydroxylation is 1. The lowest BCUT2D eigenvalue weighted by Gasteiger charge is -2.36. The van der Waals surface area contributed by atoms with Crippen LogP contribution < -0.4 is 5.32 Å². The van der Waals surface area contributed by atoms with Crippen molar-refractivity contribution in [3.8, 4) is 0 Å². The highest BCUT2D eigenvalue weighted by molar-refractivity contribution is 5.33. The van der Waals surface area contributed by atoms with Crippen LogP contribution in [0, 0.1) is 5.82 Å². The Kier molecular flexibility index (Phi) is 6.22. The molecule has 24 heavy (non-hydrogen) atoms. The van der Waals surface area contributed by atoms with Crippen LogP contribution in [0.25, 0.3) is 0 Å². The molecule has 5 heteroatoms. The lowest BCUT2D eigenvalue weighted by Crippen LogP contribution is -2.46. The summed E-state index contributed by atoms with van der Waals surface area (Å²) in [5.41, 5.74) is 2.44. The molecule has 2 N–H and O–H groups in total. The minimum Gasteiger partial charge on any atom is -0.389 e. The average molecular weight is 336 g/mol. The maximum Gasteiger partial charge on any atom is 0.123 e. The predicted octanol–water partition coefficient (Wildman–Crippen LogP) is 2.26. The van der Waals surface area contributed by atoms with Crippen LogP contribution >= 0.6 is 0 Å². The Morgan fingerprint density at radius 3 is 2.88 bits per heavy atom. The smallest absolute Gasteiger partial charge is 0.123 e. The van der Waals surface area contributed by atoms with Crippen molar-refractivity contribution in [3.05, 3.63) is 35.1 Å². The number of hydrogen-bond donors (Lipinski definition) is 2. The fourth-order valence-corrected chi connectivity index (χ4v) is 4.07. The molecule has 4 nitrogen and oxygen atoms in total. The van der Waals surface area contributed by atoms with Crippen molar-refractivity contribution in [3.63, 3.8) is 0 Å². The van der Waals surface area contributed by atoms with E-state index >= 15 is 0 Å². The zero-order valence-electron chi connectivity index (χ0n) is 14.5. The summed E-state index contributed by atoms with van der Waals surface area (Å²) in [5.74, 6) is -0.127. The quantitative estimate of drug-likeness (QED) is 0.836. The van der Waals surface area contributed by atoms with Crippen molar-refractivity contribution < 1.29 is 14.2 Å². The van der Waals surface area contributed by atoms with Crippen LogP contribution in [0.4, 0.5) is 4.39 Å². The Balaban J connectivity index is 1.50. The van der Waals surface area contributed by atoms with Gasteiger partial charge >= 0.3 is 0 Å². The van der Waals surface area contributed by atoms with Crippen LogP contribution in [0.3, 0.4) is 0 Å². The first kappa shape index (κ1) is 17.8. The van der Waals surface area contributed by atoms with Crippen molar-refractivity contribution >= 4 is 0 Å². The number of piperidine rings is 1. The van der Waals surface area contributed by atoms with E-state index in [9.17, 15) is 9.50 Å². The first-order chi connectivity index (χ1) is 11.7. The second-order valence-corrected chi connectivity index (χ2v) is 7.14. The fourth-order valence-electron chi connectivity index (χ4n) is 4.07. The summed E-state index contributed by atoms with van der Waals surface area (Å²) in [6, 6.07) is 6.09. The minimum absolute atomic E-state index is 0.127. The number of nitrogens with zero attached hydrogens (tertiary/aromatic N) is 1. The highest BCUT2D eigenvalue weighted by Gasteiger charge is 2.26. The molecule has 0 aromatic heterocycles. The number of methoxy groups -OCH3 is 1. The molecule has 0 unspecified atom stereocenters. The standard InChI is InChI=1S/C19H29FN2O2/c1-24-13-17(23)12-22-9-7-16(8-10-22)21-19-4-2-3-14-11-15(20)5-6-18(14)19/h5-6,11,16-17,19,21,23H,2-4,7-10,12-13H2,1H3/t17-,19-/m0/s1. The van der Waals surface area contributed by atoms with Crippen LogP contribution in [0.5, 0.6) is 0 Å². The van der Waals surface area contributed by atoms with Crippen molar-refractivity contribution in [1.29, 1.82) is 0 Å². The maximum absolute atomic E-state index is 13.4. The van der Waals surface area contributed by atoms with Crippen LogP contribution in [-0.4, -0.2) is 55.5 Å². The van der Waals surface area contributed by atoms with Gasteiger partial charge in [-0.2, -0.15) is 0 Å². The summed E-state index contributed by atoms with van der Waals surface area (Å²) < 4.78 is 18.4. The second kappa shape index (κ2) is 8.39. The number of likely N-dealkylation sites (tertiary alicyclic amines) is 1. The molecule has 1 aliphatic carbocycles. The Bertz CT molecular complexity index is 532. The maximum atomic E-state index is 13.4. The molecule has 0 saturated carbocycles. The van der Waals surface area contributed by atoms with Crippen molar-refractivity contribution in [2.24, 2.45) is 0 Å². The Morgan fingerprint density at radius 1 is 1.33 bits per heavy atom. The van der Waals surface area contributed by atoms with Gasteiger partial charge in [0.1, 0.15) is 5.82 Å². The lowest BCUT2D eigenvalue weighted by atomic mass is 9.86. The number of hydrogen-bond acceptors (Lipinski definition) is 4. The molecule has 0 spiro atoms. The lowest BCUT2D eigenvalue weighted by molar-refractivity contribution is 0.0306. The number of β-amino-alcohol motifs (C(OH)–C–C–N with tert-alkyl or cyclic N) is 1. The van der Waals surface area contributed by atoms with Gasteiger partial charge in [0, 0.05) is 25.7 Å². The third-order valence-electron chi connectivity index (χ3n) is 5.27. The molecule has 2 aliphatic rings. The summed E-state index contributed by atoms with van der Waals surface area (Å²) in [7, 11) is 1.62. The van der Waals surface area contributed by atoms with E-state index in [1.165, 1.54) is 11.1 Å². The van der Waals surface area contributed by atoms with Crippen molar-refractivity contribution in [2.75, 3.05) is 33.4 Å². The normalized spacial score (nSPS) is 23.9. The Morgan fingerprint density at radius 2 is 2.12 bits per heavy atom. The molecule has 134 valence electrons. The molecule has 3 rings (SSSR count). The molecular formula is C19H29FN2O2. The van der Waals surface area contributed by atoms with Gasteiger partial charge in [-0.1, -0.05) is 6.07 Å². The summed E-state index contributed by atoms with van der Waals surface area (Å²) in [6.07, 6.45) is 5.02. The summed E-state index contributed by atoms with van der Waals surface area (Å²) in [4.78, 5) is 2.31. The summed E-state index contributed by atoms with van der Waals surface area (Å²) in [5, 5.41) is 13.6. The largest absolute Gasteiger partial charge is 0.389 e. The van der Waals surface area contributed by atoms with Crippen molar-refractivity contribution in [2.45, 2.75) is 50.3 Å². The molecule has 0 radical (unpaired) electrons. The van der Waals surface area contributed by atoms with Gasteiger partial charge in [-0.15, -0.1) is 0 Å². The van der Waals surface area contributed by atoms with Crippen LogP contribution in [-0.2, 0) is 11.2 Å². The van der Waals surface area contributed by atoms with E-state index in [-0.39, 0.29) is 5.82 Å². The Labute approximate surface area is 144 Å². The first-order valence-electron chi connectivity index (χ1n) is 9.09. The fraction of sp³-hybridized carbons (Fsp3) is 0.684. The molecule has 1 saturated heterocycles. The van der Waals surface area contributed by atoms with Gasteiger partial charge in [-0.05, 0) is 68.5 Å².